The number of fused-ring (bicyclic) bond motifs is 1. The van der Waals surface area contributed by atoms with Gasteiger partial charge in [0, 0.05) is 29.1 Å². The second-order valence-corrected chi connectivity index (χ2v) is 10.2. The number of allylic oxidation sites excluding steroid dienone is 3. The number of hydrogen-bond acceptors (Lipinski definition) is 6. The van der Waals surface area contributed by atoms with E-state index in [9.17, 15) is 36.7 Å². The van der Waals surface area contributed by atoms with Crippen molar-refractivity contribution in [1.82, 2.24) is 14.9 Å². The van der Waals surface area contributed by atoms with Gasteiger partial charge in [0.15, 0.2) is 29.4 Å². The Balaban J connectivity index is 1.90. The van der Waals surface area contributed by atoms with Crippen molar-refractivity contribution in [3.8, 4) is 0 Å². The summed E-state index contributed by atoms with van der Waals surface area (Å²) in [6.07, 6.45) is -1.70. The van der Waals surface area contributed by atoms with Crippen LogP contribution in [0.25, 0.3) is 10.8 Å². The monoisotopic (exact) mass is 629 g/mol. The Morgan fingerprint density at radius 3 is 2.44 bits per heavy atom. The smallest absolute Gasteiger partial charge is 0.259 e. The van der Waals surface area contributed by atoms with Gasteiger partial charge >= 0.3 is 0 Å². The summed E-state index contributed by atoms with van der Waals surface area (Å²) >= 11 is 6.04. The molecule has 2 aromatic rings. The van der Waals surface area contributed by atoms with Crippen LogP contribution in [0, 0.1) is 5.92 Å². The molecule has 1 aromatic heterocycles. The number of alkyl halides is 1. The predicted molar refractivity (Wildman–Crippen MR) is 151 cm³/mol. The average Bonchev–Trinajstić information content (AvgIpc) is 2.98. The van der Waals surface area contributed by atoms with E-state index in [1.165, 1.54) is 12.3 Å². The topological polar surface area (TPSA) is 107 Å². The van der Waals surface area contributed by atoms with Crippen molar-refractivity contribution in [2.45, 2.75) is 58.8 Å². The van der Waals surface area contributed by atoms with E-state index in [0.29, 0.717) is 10.4 Å². The van der Waals surface area contributed by atoms with Crippen LogP contribution in [0.4, 0.5) is 17.6 Å². The Morgan fingerprint density at radius 2 is 1.81 bits per heavy atom. The number of benzene rings is 1. The summed E-state index contributed by atoms with van der Waals surface area (Å²) < 4.78 is 62.9. The number of halogens is 5. The van der Waals surface area contributed by atoms with Crippen LogP contribution in [0.1, 0.15) is 46.6 Å². The molecule has 2 amide bonds. The number of nitrogens with one attached hydrogen (secondary N) is 1. The van der Waals surface area contributed by atoms with Gasteiger partial charge in [-0.1, -0.05) is 31.5 Å². The van der Waals surface area contributed by atoms with E-state index in [2.05, 4.69) is 5.32 Å². The Bertz CT molecular complexity index is 1510. The van der Waals surface area contributed by atoms with Gasteiger partial charge in [-0.15, -0.1) is 0 Å². The number of carbonyl (C=O) groups is 3. The van der Waals surface area contributed by atoms with E-state index < -0.39 is 83.6 Å². The molecule has 4 atom stereocenters. The molecular formula is C29H32ClF4N3O6. The molecule has 1 aliphatic rings. The number of ketones is 1. The summed E-state index contributed by atoms with van der Waals surface area (Å²) in [5.41, 5.74) is -0.531. The Morgan fingerprint density at radius 1 is 1.12 bits per heavy atom. The fraction of sp³-hybridized carbons (Fsp3) is 0.448. The second kappa shape index (κ2) is 14.6. The highest BCUT2D eigenvalue weighted by Gasteiger charge is 2.39. The number of nitrogens with zero attached hydrogens (tertiary/aromatic N) is 2. The molecule has 0 radical (unpaired) electrons. The molecule has 1 N–H and O–H groups in total. The highest BCUT2D eigenvalue weighted by molar-refractivity contribution is 6.31. The van der Waals surface area contributed by atoms with Crippen molar-refractivity contribution >= 4 is 40.0 Å². The van der Waals surface area contributed by atoms with E-state index in [1.54, 1.807) is 39.0 Å². The molecule has 1 heterocycles. The maximum absolute atomic E-state index is 14.4. The molecule has 0 bridgehead atoms. The average molecular weight is 630 g/mol. The van der Waals surface area contributed by atoms with Crippen LogP contribution >= 0.6 is 11.6 Å². The predicted octanol–water partition coefficient (Wildman–Crippen LogP) is 5.19. The molecule has 0 aliphatic heterocycles. The molecular weight excluding hydrogens is 598 g/mol. The molecule has 1 aromatic carbocycles. The Kier molecular flexibility index (Phi) is 11.5. The van der Waals surface area contributed by atoms with Gasteiger partial charge in [-0.3, -0.25) is 24.0 Å². The summed E-state index contributed by atoms with van der Waals surface area (Å²) in [6, 6.07) is 3.54. The van der Waals surface area contributed by atoms with Gasteiger partial charge in [0.2, 0.25) is 11.8 Å². The van der Waals surface area contributed by atoms with Gasteiger partial charge < -0.3 is 14.6 Å². The van der Waals surface area contributed by atoms with E-state index in [4.69, 9.17) is 21.2 Å². The molecule has 234 valence electrons. The van der Waals surface area contributed by atoms with Crippen molar-refractivity contribution < 1.29 is 41.5 Å². The minimum atomic E-state index is -2.54. The number of aromatic nitrogens is 1. The largest absolute Gasteiger partial charge is 0.480 e. The number of Topliss-reactive ketones (excluding diaryl/α,β-unsaturated/α-hetero) is 1. The van der Waals surface area contributed by atoms with E-state index in [0.717, 1.165) is 16.6 Å². The first kappa shape index (κ1) is 33.8. The van der Waals surface area contributed by atoms with Crippen LogP contribution in [0.15, 0.2) is 58.5 Å². The van der Waals surface area contributed by atoms with Crippen molar-refractivity contribution in [3.05, 3.63) is 69.1 Å². The first-order valence-electron chi connectivity index (χ1n) is 13.6. The lowest BCUT2D eigenvalue weighted by Crippen LogP contribution is -2.49. The fourth-order valence-corrected chi connectivity index (χ4v) is 4.70. The van der Waals surface area contributed by atoms with E-state index >= 15 is 0 Å². The van der Waals surface area contributed by atoms with Gasteiger partial charge in [0.1, 0.15) is 24.5 Å². The molecule has 1 aliphatic carbocycles. The van der Waals surface area contributed by atoms with E-state index in [-0.39, 0.29) is 25.0 Å². The third-order valence-electron chi connectivity index (χ3n) is 6.92. The van der Waals surface area contributed by atoms with Crippen molar-refractivity contribution in [2.24, 2.45) is 5.92 Å². The third-order valence-corrected chi connectivity index (χ3v) is 7.15. The number of pyridine rings is 1. The first-order valence-corrected chi connectivity index (χ1v) is 14.0. The zero-order valence-electron chi connectivity index (χ0n) is 24.0. The lowest BCUT2D eigenvalue weighted by molar-refractivity contribution is -0.184. The van der Waals surface area contributed by atoms with Crippen LogP contribution in [0.5, 0.6) is 0 Å². The molecule has 0 fully saturated rings. The number of ether oxygens (including phenoxy) is 1. The second-order valence-electron chi connectivity index (χ2n) is 9.74. The number of carbonyl (C=O) groups excluding carboxylic acids is 3. The van der Waals surface area contributed by atoms with Crippen LogP contribution in [-0.4, -0.2) is 59.2 Å². The highest BCUT2D eigenvalue weighted by Crippen LogP contribution is 2.39. The van der Waals surface area contributed by atoms with Gasteiger partial charge in [0.25, 0.3) is 5.56 Å². The van der Waals surface area contributed by atoms with Gasteiger partial charge in [-0.05, 0) is 43.9 Å². The van der Waals surface area contributed by atoms with Crippen LogP contribution in [0.3, 0.4) is 0 Å². The summed E-state index contributed by atoms with van der Waals surface area (Å²) in [5, 5.41) is 4.51. The molecule has 43 heavy (non-hydrogen) atoms. The normalized spacial score (nSPS) is 18.4. The standard InChI is InChI=1S/C29H32ClF4N3O6/c1-5-20(36-11-10-16-8-9-17(30)12-18(16)29(36)41)28(40)35-19(13-22(39)37(6-2)43-7-3)21(38)14-42-27-25(33)23(31)15(4)24(32)26(27)34/h8-12,15,19-20,23H,5-7,13-14H2,1-4H3,(H,35,40)/t15?,19?,20-,23?/m0/s1. The molecule has 3 rings (SSSR count). The van der Waals surface area contributed by atoms with Crippen LogP contribution < -0.4 is 10.9 Å². The fourth-order valence-electron chi connectivity index (χ4n) is 4.53. The van der Waals surface area contributed by atoms with Gasteiger partial charge in [-0.2, -0.15) is 4.39 Å². The maximum atomic E-state index is 14.4. The zero-order valence-corrected chi connectivity index (χ0v) is 24.7. The number of hydrogen-bond donors (Lipinski definition) is 1. The SMILES string of the molecule is CCON(CC)C(=O)CC(NC(=O)[C@H](CC)n1ccc2ccc(Cl)cc2c1=O)C(=O)COC1=C(F)C(F)C(C)C(F)=C1F. The van der Waals surface area contributed by atoms with Crippen LogP contribution in [-0.2, 0) is 24.0 Å². The summed E-state index contributed by atoms with van der Waals surface area (Å²) in [4.78, 5) is 58.0. The van der Waals surface area contributed by atoms with Gasteiger partial charge in [-0.25, -0.2) is 18.2 Å². The zero-order chi connectivity index (χ0) is 32.0. The summed E-state index contributed by atoms with van der Waals surface area (Å²) in [7, 11) is 0. The van der Waals surface area contributed by atoms with Crippen molar-refractivity contribution in [1.29, 1.82) is 0 Å². The number of hydroxylamine groups is 2. The Labute approximate surface area is 250 Å². The quantitative estimate of drug-likeness (QED) is 0.242. The highest BCUT2D eigenvalue weighted by atomic mass is 35.5. The number of amides is 2. The molecule has 0 saturated carbocycles. The summed E-state index contributed by atoms with van der Waals surface area (Å²) in [6.45, 7) is 4.86. The maximum Gasteiger partial charge on any atom is 0.259 e. The molecule has 14 heteroatoms. The summed E-state index contributed by atoms with van der Waals surface area (Å²) in [5.74, 6) is -10.8. The van der Waals surface area contributed by atoms with Crippen molar-refractivity contribution in [3.63, 3.8) is 0 Å². The van der Waals surface area contributed by atoms with E-state index in [1.807, 2.05) is 0 Å². The van der Waals surface area contributed by atoms with Crippen LogP contribution in [0.2, 0.25) is 5.02 Å². The first-order chi connectivity index (χ1) is 20.4. The third kappa shape index (κ3) is 7.45. The lowest BCUT2D eigenvalue weighted by atomic mass is 9.97. The molecule has 0 saturated heterocycles. The Hall–Kier alpha value is -3.71. The lowest BCUT2D eigenvalue weighted by Gasteiger charge is -2.26. The molecule has 3 unspecified atom stereocenters. The minimum absolute atomic E-state index is 0.0899. The van der Waals surface area contributed by atoms with Gasteiger partial charge in [0.05, 0.1) is 13.0 Å². The van der Waals surface area contributed by atoms with Crippen molar-refractivity contribution in [2.75, 3.05) is 19.8 Å². The molecule has 0 spiro atoms. The minimum Gasteiger partial charge on any atom is -0.480 e. The number of rotatable bonds is 13. The molecule has 9 nitrogen and oxygen atoms in total.